The number of para-hydroxylation sites is 1. The van der Waals surface area contributed by atoms with Crippen LogP contribution in [0.1, 0.15) is 19.4 Å². The van der Waals surface area contributed by atoms with Crippen LogP contribution in [-0.4, -0.2) is 15.8 Å². The van der Waals surface area contributed by atoms with Crippen molar-refractivity contribution < 1.29 is 0 Å². The summed E-state index contributed by atoms with van der Waals surface area (Å²) in [4.78, 5) is 0. The summed E-state index contributed by atoms with van der Waals surface area (Å²) in [7, 11) is 0. The first-order valence-electron chi connectivity index (χ1n) is 7.10. The summed E-state index contributed by atoms with van der Waals surface area (Å²) in [6.45, 7) is 5.13. The fourth-order valence-corrected chi connectivity index (χ4v) is 2.79. The zero-order valence-corrected chi connectivity index (χ0v) is 13.8. The van der Waals surface area contributed by atoms with E-state index in [0.29, 0.717) is 6.04 Å². The maximum absolute atomic E-state index is 4.56. The Bertz CT molecular complexity index is 762. The number of aromatic nitrogens is 2. The van der Waals surface area contributed by atoms with Crippen molar-refractivity contribution in [3.05, 3.63) is 58.7 Å². The predicted molar refractivity (Wildman–Crippen MR) is 90.7 cm³/mol. The van der Waals surface area contributed by atoms with Gasteiger partial charge in [-0.25, -0.2) is 4.68 Å². The van der Waals surface area contributed by atoms with Crippen molar-refractivity contribution in [2.45, 2.75) is 26.4 Å². The van der Waals surface area contributed by atoms with Crippen molar-refractivity contribution in [2.24, 2.45) is 0 Å². The third kappa shape index (κ3) is 3.01. The Morgan fingerprint density at radius 2 is 2.00 bits per heavy atom. The first-order chi connectivity index (χ1) is 10.1. The van der Waals surface area contributed by atoms with Crippen LogP contribution in [-0.2, 0) is 6.54 Å². The molecular formula is C17H18BrN3. The van der Waals surface area contributed by atoms with Gasteiger partial charge in [-0.2, -0.15) is 5.10 Å². The molecule has 3 nitrogen and oxygen atoms in total. The molecule has 108 valence electrons. The molecule has 1 heterocycles. The number of halogens is 1. The summed E-state index contributed by atoms with van der Waals surface area (Å²) in [6, 6.07) is 15.1. The molecule has 0 aliphatic rings. The van der Waals surface area contributed by atoms with Gasteiger partial charge in [0.25, 0.3) is 0 Å². The molecule has 0 aliphatic heterocycles. The Labute approximate surface area is 133 Å². The van der Waals surface area contributed by atoms with Gasteiger partial charge in [-0.3, -0.25) is 0 Å². The summed E-state index contributed by atoms with van der Waals surface area (Å²) < 4.78 is 3.10. The van der Waals surface area contributed by atoms with Crippen LogP contribution in [0.4, 0.5) is 0 Å². The number of nitrogens with one attached hydrogen (secondary N) is 1. The lowest BCUT2D eigenvalue weighted by Crippen LogP contribution is -2.22. The second-order valence-electron chi connectivity index (χ2n) is 5.42. The van der Waals surface area contributed by atoms with E-state index < -0.39 is 0 Å². The van der Waals surface area contributed by atoms with E-state index in [1.165, 1.54) is 5.56 Å². The van der Waals surface area contributed by atoms with Crippen molar-refractivity contribution in [3.63, 3.8) is 0 Å². The highest BCUT2D eigenvalue weighted by Gasteiger charge is 2.10. The zero-order chi connectivity index (χ0) is 14.8. The van der Waals surface area contributed by atoms with Crippen LogP contribution in [0, 0.1) is 0 Å². The smallest absolute Gasteiger partial charge is 0.0741 e. The molecule has 0 saturated heterocycles. The highest BCUT2D eigenvalue weighted by Crippen LogP contribution is 2.24. The van der Waals surface area contributed by atoms with Gasteiger partial charge in [0.15, 0.2) is 0 Å². The minimum Gasteiger partial charge on any atom is -0.310 e. The van der Waals surface area contributed by atoms with Crippen molar-refractivity contribution >= 4 is 26.8 Å². The molecule has 2 aromatic carbocycles. The van der Waals surface area contributed by atoms with Crippen LogP contribution < -0.4 is 5.32 Å². The number of nitrogens with zero attached hydrogens (tertiary/aromatic N) is 2. The fourth-order valence-electron chi connectivity index (χ4n) is 2.38. The van der Waals surface area contributed by atoms with Gasteiger partial charge in [0.2, 0.25) is 0 Å². The van der Waals surface area contributed by atoms with E-state index >= 15 is 0 Å². The second kappa shape index (κ2) is 6.00. The first kappa shape index (κ1) is 14.3. The molecule has 0 radical (unpaired) electrons. The van der Waals surface area contributed by atoms with Gasteiger partial charge in [0.1, 0.15) is 0 Å². The van der Waals surface area contributed by atoms with Gasteiger partial charge >= 0.3 is 0 Å². The molecule has 4 heteroatoms. The zero-order valence-electron chi connectivity index (χ0n) is 12.2. The van der Waals surface area contributed by atoms with Gasteiger partial charge in [-0.1, -0.05) is 48.0 Å². The Hall–Kier alpha value is -1.65. The van der Waals surface area contributed by atoms with Crippen LogP contribution in [0.2, 0.25) is 0 Å². The molecule has 0 fully saturated rings. The summed E-state index contributed by atoms with van der Waals surface area (Å²) in [6.07, 6.45) is 1.91. The number of fused-ring (bicyclic) bond motifs is 1. The number of rotatable bonds is 4. The van der Waals surface area contributed by atoms with E-state index in [1.807, 2.05) is 23.0 Å². The van der Waals surface area contributed by atoms with Crippen LogP contribution in [0.25, 0.3) is 16.6 Å². The minimum atomic E-state index is 0.450. The SMILES string of the molecule is CC(C)NCc1cc(Br)ccc1-n1ncc2ccccc21. The maximum atomic E-state index is 4.56. The number of benzene rings is 2. The number of hydrogen-bond donors (Lipinski definition) is 1. The van der Waals surface area contributed by atoms with Gasteiger partial charge < -0.3 is 5.32 Å². The summed E-state index contributed by atoms with van der Waals surface area (Å²) in [5.41, 5.74) is 3.48. The van der Waals surface area contributed by atoms with Crippen molar-refractivity contribution in [3.8, 4) is 5.69 Å². The molecular weight excluding hydrogens is 326 g/mol. The lowest BCUT2D eigenvalue weighted by molar-refractivity contribution is 0.587. The van der Waals surface area contributed by atoms with Gasteiger partial charge in [0.05, 0.1) is 17.4 Å². The molecule has 0 amide bonds. The summed E-state index contributed by atoms with van der Waals surface area (Å²) in [5, 5.41) is 9.19. The normalized spacial score (nSPS) is 11.4. The molecule has 1 N–H and O–H groups in total. The van der Waals surface area contributed by atoms with Crippen molar-refractivity contribution in [2.75, 3.05) is 0 Å². The largest absolute Gasteiger partial charge is 0.310 e. The second-order valence-corrected chi connectivity index (χ2v) is 6.34. The molecule has 3 aromatic rings. The van der Waals surface area contributed by atoms with E-state index in [2.05, 4.69) is 70.5 Å². The van der Waals surface area contributed by atoms with Gasteiger partial charge in [-0.15, -0.1) is 0 Å². The molecule has 21 heavy (non-hydrogen) atoms. The highest BCUT2D eigenvalue weighted by molar-refractivity contribution is 9.10. The van der Waals surface area contributed by atoms with E-state index in [0.717, 1.165) is 27.6 Å². The topological polar surface area (TPSA) is 29.9 Å². The van der Waals surface area contributed by atoms with Gasteiger partial charge in [0, 0.05) is 22.4 Å². The Balaban J connectivity index is 2.09. The lowest BCUT2D eigenvalue weighted by atomic mass is 10.1. The minimum absolute atomic E-state index is 0.450. The molecule has 0 unspecified atom stereocenters. The van der Waals surface area contributed by atoms with E-state index in [4.69, 9.17) is 0 Å². The van der Waals surface area contributed by atoms with E-state index in [-0.39, 0.29) is 0 Å². The van der Waals surface area contributed by atoms with Crippen LogP contribution in [0.15, 0.2) is 53.1 Å². The monoisotopic (exact) mass is 343 g/mol. The van der Waals surface area contributed by atoms with E-state index in [1.54, 1.807) is 0 Å². The van der Waals surface area contributed by atoms with Crippen molar-refractivity contribution in [1.29, 1.82) is 0 Å². The lowest BCUT2D eigenvalue weighted by Gasteiger charge is -2.14. The standard InChI is InChI=1S/C17H18BrN3/c1-12(2)19-10-14-9-15(18)7-8-17(14)21-16-6-4-3-5-13(16)11-20-21/h3-9,11-12,19H,10H2,1-2H3. The van der Waals surface area contributed by atoms with Crippen molar-refractivity contribution in [1.82, 2.24) is 15.1 Å². The fraction of sp³-hybridized carbons (Fsp3) is 0.235. The van der Waals surface area contributed by atoms with Gasteiger partial charge in [-0.05, 0) is 29.8 Å². The Kier molecular flexibility index (Phi) is 4.08. The Morgan fingerprint density at radius 1 is 1.19 bits per heavy atom. The average molecular weight is 344 g/mol. The third-order valence-electron chi connectivity index (χ3n) is 3.45. The van der Waals surface area contributed by atoms with Crippen LogP contribution >= 0.6 is 15.9 Å². The quantitative estimate of drug-likeness (QED) is 0.765. The molecule has 0 bridgehead atoms. The molecule has 1 aromatic heterocycles. The Morgan fingerprint density at radius 3 is 2.81 bits per heavy atom. The maximum Gasteiger partial charge on any atom is 0.0741 e. The molecule has 0 atom stereocenters. The highest BCUT2D eigenvalue weighted by atomic mass is 79.9. The van der Waals surface area contributed by atoms with Crippen LogP contribution in [0.5, 0.6) is 0 Å². The summed E-state index contributed by atoms with van der Waals surface area (Å²) >= 11 is 3.56. The molecule has 0 saturated carbocycles. The third-order valence-corrected chi connectivity index (χ3v) is 3.94. The van der Waals surface area contributed by atoms with E-state index in [9.17, 15) is 0 Å². The molecule has 0 spiro atoms. The van der Waals surface area contributed by atoms with Crippen LogP contribution in [0.3, 0.4) is 0 Å². The average Bonchev–Trinajstić information content (AvgIpc) is 2.89. The first-order valence-corrected chi connectivity index (χ1v) is 7.89. The predicted octanol–water partition coefficient (Wildman–Crippen LogP) is 4.29. The molecule has 3 rings (SSSR count). The molecule has 0 aliphatic carbocycles. The number of hydrogen-bond acceptors (Lipinski definition) is 2. The summed E-state index contributed by atoms with van der Waals surface area (Å²) in [5.74, 6) is 0.